The van der Waals surface area contributed by atoms with Crippen LogP contribution in [0.15, 0.2) is 30.6 Å². The van der Waals surface area contributed by atoms with Crippen LogP contribution in [0.5, 0.6) is 5.75 Å². The van der Waals surface area contributed by atoms with Crippen molar-refractivity contribution < 1.29 is 14.3 Å². The van der Waals surface area contributed by atoms with Gasteiger partial charge < -0.3 is 10.1 Å². The standard InChI is InChI=1S/C14H15N5O3/c1-2-22-10-5-3-9(4-6-10)17-12(20)7-11-13(21)18-14-15-8-16-19(11)14/h3-6,8,11H,2,7H2,1H3,(H,17,20)(H,15,16,18,21). The van der Waals surface area contributed by atoms with E-state index >= 15 is 0 Å². The van der Waals surface area contributed by atoms with E-state index in [1.165, 1.54) is 11.0 Å². The SMILES string of the molecule is CCOc1ccc(NC(=O)CC2C(=O)Nc3ncnn32)cc1. The summed E-state index contributed by atoms with van der Waals surface area (Å²) in [6, 6.07) is 6.38. The predicted molar refractivity (Wildman–Crippen MR) is 78.5 cm³/mol. The van der Waals surface area contributed by atoms with Crippen LogP contribution in [0, 0.1) is 0 Å². The second-order valence-corrected chi connectivity index (χ2v) is 4.74. The summed E-state index contributed by atoms with van der Waals surface area (Å²) in [5.41, 5.74) is 0.644. The summed E-state index contributed by atoms with van der Waals surface area (Å²) < 4.78 is 6.75. The zero-order chi connectivity index (χ0) is 15.5. The lowest BCUT2D eigenvalue weighted by molar-refractivity contribution is -0.123. The van der Waals surface area contributed by atoms with Crippen LogP contribution in [0.1, 0.15) is 19.4 Å². The quantitative estimate of drug-likeness (QED) is 0.864. The van der Waals surface area contributed by atoms with E-state index in [0.717, 1.165) is 5.75 Å². The molecule has 2 N–H and O–H groups in total. The lowest BCUT2D eigenvalue weighted by Gasteiger charge is -2.10. The molecular weight excluding hydrogens is 286 g/mol. The fourth-order valence-corrected chi connectivity index (χ4v) is 2.24. The molecule has 8 heteroatoms. The summed E-state index contributed by atoms with van der Waals surface area (Å²) in [4.78, 5) is 27.8. The second kappa shape index (κ2) is 5.84. The summed E-state index contributed by atoms with van der Waals surface area (Å²) in [5, 5.41) is 9.26. The molecule has 1 unspecified atom stereocenters. The Morgan fingerprint density at radius 2 is 2.18 bits per heavy atom. The van der Waals surface area contributed by atoms with Crippen molar-refractivity contribution >= 4 is 23.5 Å². The highest BCUT2D eigenvalue weighted by atomic mass is 16.5. The fourth-order valence-electron chi connectivity index (χ4n) is 2.24. The Bertz CT molecular complexity index is 695. The molecule has 0 radical (unpaired) electrons. The van der Waals surface area contributed by atoms with E-state index < -0.39 is 6.04 Å². The first kappa shape index (κ1) is 14.1. The van der Waals surface area contributed by atoms with E-state index in [1.54, 1.807) is 24.3 Å². The minimum Gasteiger partial charge on any atom is -0.494 e. The number of rotatable bonds is 5. The number of benzene rings is 1. The molecule has 2 aromatic rings. The smallest absolute Gasteiger partial charge is 0.252 e. The van der Waals surface area contributed by atoms with E-state index in [1.807, 2.05) is 6.92 Å². The number of hydrogen-bond acceptors (Lipinski definition) is 5. The average molecular weight is 301 g/mol. The molecule has 1 atom stereocenters. The van der Waals surface area contributed by atoms with Gasteiger partial charge in [-0.1, -0.05) is 0 Å². The number of anilines is 2. The van der Waals surface area contributed by atoms with Gasteiger partial charge >= 0.3 is 0 Å². The van der Waals surface area contributed by atoms with Gasteiger partial charge in [0.15, 0.2) is 0 Å². The van der Waals surface area contributed by atoms with Gasteiger partial charge in [-0.2, -0.15) is 10.1 Å². The number of carbonyl (C=O) groups is 2. The van der Waals surface area contributed by atoms with Crippen molar-refractivity contribution in [3.63, 3.8) is 0 Å². The zero-order valence-electron chi connectivity index (χ0n) is 11.9. The van der Waals surface area contributed by atoms with Crippen LogP contribution in [-0.4, -0.2) is 33.2 Å². The highest BCUT2D eigenvalue weighted by molar-refractivity contribution is 6.00. The Labute approximate surface area is 126 Å². The topological polar surface area (TPSA) is 98.1 Å². The monoisotopic (exact) mass is 301 g/mol. The first-order chi connectivity index (χ1) is 10.7. The molecule has 0 saturated heterocycles. The van der Waals surface area contributed by atoms with Gasteiger partial charge in [-0.15, -0.1) is 0 Å². The first-order valence-electron chi connectivity index (χ1n) is 6.90. The molecule has 114 valence electrons. The molecule has 1 aliphatic heterocycles. The Morgan fingerprint density at radius 1 is 1.41 bits per heavy atom. The number of hydrogen-bond donors (Lipinski definition) is 2. The number of carbonyl (C=O) groups excluding carboxylic acids is 2. The van der Waals surface area contributed by atoms with Gasteiger partial charge in [0.05, 0.1) is 13.0 Å². The molecule has 0 bridgehead atoms. The van der Waals surface area contributed by atoms with Crippen molar-refractivity contribution in [2.24, 2.45) is 0 Å². The molecule has 3 rings (SSSR count). The Hall–Kier alpha value is -2.90. The van der Waals surface area contributed by atoms with Crippen LogP contribution < -0.4 is 15.4 Å². The van der Waals surface area contributed by atoms with Crippen LogP contribution in [0.4, 0.5) is 11.6 Å². The maximum absolute atomic E-state index is 12.1. The molecular formula is C14H15N5O3. The molecule has 8 nitrogen and oxygen atoms in total. The zero-order valence-corrected chi connectivity index (χ0v) is 11.9. The van der Waals surface area contributed by atoms with Gasteiger partial charge in [0, 0.05) is 5.69 Å². The number of nitrogens with one attached hydrogen (secondary N) is 2. The predicted octanol–water partition coefficient (Wildman–Crippen LogP) is 1.20. The number of ether oxygens (including phenoxy) is 1. The molecule has 0 saturated carbocycles. The Morgan fingerprint density at radius 3 is 2.91 bits per heavy atom. The van der Waals surface area contributed by atoms with E-state index in [0.29, 0.717) is 18.2 Å². The molecule has 1 aromatic carbocycles. The van der Waals surface area contributed by atoms with E-state index in [2.05, 4.69) is 20.7 Å². The Balaban J connectivity index is 1.62. The minimum atomic E-state index is -0.666. The van der Waals surface area contributed by atoms with Gasteiger partial charge in [-0.3, -0.25) is 14.9 Å². The van der Waals surface area contributed by atoms with Crippen LogP contribution >= 0.6 is 0 Å². The van der Waals surface area contributed by atoms with E-state index in [4.69, 9.17) is 4.74 Å². The van der Waals surface area contributed by atoms with Gasteiger partial charge in [0.1, 0.15) is 18.1 Å². The molecule has 2 heterocycles. The lowest BCUT2D eigenvalue weighted by atomic mass is 10.2. The highest BCUT2D eigenvalue weighted by Gasteiger charge is 2.33. The summed E-state index contributed by atoms with van der Waals surface area (Å²) >= 11 is 0. The highest BCUT2D eigenvalue weighted by Crippen LogP contribution is 2.24. The van der Waals surface area contributed by atoms with Crippen molar-refractivity contribution in [1.29, 1.82) is 0 Å². The van der Waals surface area contributed by atoms with E-state index in [9.17, 15) is 9.59 Å². The van der Waals surface area contributed by atoms with Crippen molar-refractivity contribution in [2.75, 3.05) is 17.2 Å². The third-order valence-corrected chi connectivity index (χ3v) is 3.23. The second-order valence-electron chi connectivity index (χ2n) is 4.74. The number of nitrogens with zero attached hydrogens (tertiary/aromatic N) is 3. The fraction of sp³-hybridized carbons (Fsp3) is 0.286. The third kappa shape index (κ3) is 2.76. The number of fused-ring (bicyclic) bond motifs is 1. The maximum Gasteiger partial charge on any atom is 0.252 e. The lowest BCUT2D eigenvalue weighted by Crippen LogP contribution is -2.23. The van der Waals surface area contributed by atoms with Gasteiger partial charge in [0.25, 0.3) is 5.91 Å². The molecule has 1 aliphatic rings. The van der Waals surface area contributed by atoms with Crippen molar-refractivity contribution in [1.82, 2.24) is 14.8 Å². The Kier molecular flexibility index (Phi) is 3.73. The van der Waals surface area contributed by atoms with Crippen molar-refractivity contribution in [3.8, 4) is 5.75 Å². The van der Waals surface area contributed by atoms with Crippen LogP contribution in [0.25, 0.3) is 0 Å². The number of aromatic nitrogens is 3. The summed E-state index contributed by atoms with van der Waals surface area (Å²) in [6.45, 7) is 2.49. The first-order valence-corrected chi connectivity index (χ1v) is 6.90. The van der Waals surface area contributed by atoms with Gasteiger partial charge in [-0.05, 0) is 31.2 Å². The molecule has 0 aliphatic carbocycles. The third-order valence-electron chi connectivity index (χ3n) is 3.23. The summed E-state index contributed by atoms with van der Waals surface area (Å²) in [7, 11) is 0. The largest absolute Gasteiger partial charge is 0.494 e. The molecule has 22 heavy (non-hydrogen) atoms. The molecule has 2 amide bonds. The number of amides is 2. The van der Waals surface area contributed by atoms with Gasteiger partial charge in [-0.25, -0.2) is 4.68 Å². The summed E-state index contributed by atoms with van der Waals surface area (Å²) in [5.74, 6) is 0.553. The van der Waals surface area contributed by atoms with Crippen molar-refractivity contribution in [3.05, 3.63) is 30.6 Å². The van der Waals surface area contributed by atoms with Crippen LogP contribution in [-0.2, 0) is 9.59 Å². The maximum atomic E-state index is 12.1. The summed E-state index contributed by atoms with van der Waals surface area (Å²) in [6.07, 6.45) is 1.33. The minimum absolute atomic E-state index is 0.00456. The van der Waals surface area contributed by atoms with Crippen LogP contribution in [0.3, 0.4) is 0 Å². The van der Waals surface area contributed by atoms with Gasteiger partial charge in [0.2, 0.25) is 11.9 Å². The molecule has 1 aromatic heterocycles. The molecule has 0 spiro atoms. The van der Waals surface area contributed by atoms with Crippen LogP contribution in [0.2, 0.25) is 0 Å². The molecule has 0 fully saturated rings. The van der Waals surface area contributed by atoms with E-state index in [-0.39, 0.29) is 18.2 Å². The average Bonchev–Trinajstić information content (AvgIpc) is 3.05. The normalized spacial score (nSPS) is 16.0. The van der Waals surface area contributed by atoms with Crippen molar-refractivity contribution in [2.45, 2.75) is 19.4 Å².